The van der Waals surface area contributed by atoms with Crippen molar-refractivity contribution in [3.8, 4) is 0 Å². The Bertz CT molecular complexity index is 551. The van der Waals surface area contributed by atoms with Gasteiger partial charge in [-0.2, -0.15) is 0 Å². The summed E-state index contributed by atoms with van der Waals surface area (Å²) in [6, 6.07) is 8.41. The summed E-state index contributed by atoms with van der Waals surface area (Å²) in [4.78, 5) is 5.78. The average Bonchev–Trinajstić information content (AvgIpc) is 2.69. The molecule has 1 heterocycles. The minimum Gasteiger partial charge on any atom is -0.305 e. The number of aromatic nitrogens is 1. The number of hydrogen-bond donors (Lipinski definition) is 1. The van der Waals surface area contributed by atoms with E-state index in [4.69, 9.17) is 11.6 Å². The zero-order valence-corrected chi connectivity index (χ0v) is 13.1. The second kappa shape index (κ2) is 6.51. The van der Waals surface area contributed by atoms with Crippen LogP contribution in [-0.2, 0) is 6.54 Å². The first-order valence-corrected chi connectivity index (χ1v) is 7.71. The van der Waals surface area contributed by atoms with Crippen molar-refractivity contribution in [3.63, 3.8) is 0 Å². The lowest BCUT2D eigenvalue weighted by molar-refractivity contribution is 0.521. The summed E-state index contributed by atoms with van der Waals surface area (Å²) >= 11 is 7.82. The van der Waals surface area contributed by atoms with Crippen LogP contribution < -0.4 is 5.32 Å². The first-order valence-electron chi connectivity index (χ1n) is 6.52. The number of nitrogens with one attached hydrogen (secondary N) is 1. The zero-order chi connectivity index (χ0) is 13.8. The molecule has 19 heavy (non-hydrogen) atoms. The van der Waals surface area contributed by atoms with Crippen molar-refractivity contribution in [2.45, 2.75) is 39.8 Å². The number of thiazole rings is 1. The van der Waals surface area contributed by atoms with E-state index < -0.39 is 0 Å². The van der Waals surface area contributed by atoms with Gasteiger partial charge in [-0.15, -0.1) is 11.3 Å². The van der Waals surface area contributed by atoms with Gasteiger partial charge in [0.05, 0.1) is 10.7 Å². The molecule has 2 aromatic rings. The molecule has 1 unspecified atom stereocenters. The Balaban J connectivity index is 2.06. The van der Waals surface area contributed by atoms with Crippen LogP contribution >= 0.6 is 22.9 Å². The molecule has 0 radical (unpaired) electrons. The van der Waals surface area contributed by atoms with Crippen LogP contribution in [0, 0.1) is 13.8 Å². The highest BCUT2D eigenvalue weighted by Crippen LogP contribution is 2.22. The fourth-order valence-electron chi connectivity index (χ4n) is 2.17. The highest BCUT2D eigenvalue weighted by atomic mass is 35.5. The van der Waals surface area contributed by atoms with Crippen LogP contribution in [0.15, 0.2) is 24.3 Å². The predicted octanol–water partition coefficient (Wildman–Crippen LogP) is 4.65. The Labute approximate surface area is 123 Å². The summed E-state index contributed by atoms with van der Waals surface area (Å²) in [6.45, 7) is 7.17. The molecule has 0 saturated heterocycles. The standard InChI is InChI=1S/C15H19ClN2S/c1-4-14(12-6-5-7-13(16)8-12)17-9-15-10(2)18-11(3)19-15/h5-8,14,17H,4,9H2,1-3H3. The quantitative estimate of drug-likeness (QED) is 0.868. The van der Waals surface area contributed by atoms with Gasteiger partial charge in [0.2, 0.25) is 0 Å². The Kier molecular flexibility index (Phi) is 4.97. The maximum Gasteiger partial charge on any atom is 0.0900 e. The monoisotopic (exact) mass is 294 g/mol. The summed E-state index contributed by atoms with van der Waals surface area (Å²) in [5.74, 6) is 0. The topological polar surface area (TPSA) is 24.9 Å². The minimum absolute atomic E-state index is 0.334. The second-order valence-corrected chi connectivity index (χ2v) is 6.36. The lowest BCUT2D eigenvalue weighted by Gasteiger charge is -2.17. The number of halogens is 1. The molecule has 0 amide bonds. The lowest BCUT2D eigenvalue weighted by atomic mass is 10.0. The zero-order valence-electron chi connectivity index (χ0n) is 11.5. The first-order chi connectivity index (χ1) is 9.10. The van der Waals surface area contributed by atoms with Gasteiger partial charge < -0.3 is 5.32 Å². The van der Waals surface area contributed by atoms with Gasteiger partial charge in [0.15, 0.2) is 0 Å². The highest BCUT2D eigenvalue weighted by Gasteiger charge is 2.11. The van der Waals surface area contributed by atoms with Crippen LogP contribution in [-0.4, -0.2) is 4.98 Å². The fourth-order valence-corrected chi connectivity index (χ4v) is 3.26. The molecule has 0 bridgehead atoms. The van der Waals surface area contributed by atoms with Gasteiger partial charge in [0.25, 0.3) is 0 Å². The van der Waals surface area contributed by atoms with Crippen molar-refractivity contribution in [1.29, 1.82) is 0 Å². The van der Waals surface area contributed by atoms with E-state index in [2.05, 4.69) is 37.1 Å². The molecular weight excluding hydrogens is 276 g/mol. The van der Waals surface area contributed by atoms with E-state index in [0.29, 0.717) is 6.04 Å². The summed E-state index contributed by atoms with van der Waals surface area (Å²) in [5, 5.41) is 5.52. The molecule has 4 heteroatoms. The van der Waals surface area contributed by atoms with E-state index >= 15 is 0 Å². The largest absolute Gasteiger partial charge is 0.305 e. The molecule has 1 aromatic carbocycles. The molecule has 0 aliphatic rings. The summed E-state index contributed by atoms with van der Waals surface area (Å²) in [5.41, 5.74) is 2.38. The Morgan fingerprint density at radius 2 is 2.16 bits per heavy atom. The summed E-state index contributed by atoms with van der Waals surface area (Å²) in [7, 11) is 0. The SMILES string of the molecule is CCC(NCc1sc(C)nc1C)c1cccc(Cl)c1. The molecule has 1 aromatic heterocycles. The van der Waals surface area contributed by atoms with Crippen LogP contribution in [0.2, 0.25) is 5.02 Å². The van der Waals surface area contributed by atoms with Crippen molar-refractivity contribution in [2.24, 2.45) is 0 Å². The molecule has 0 fully saturated rings. The highest BCUT2D eigenvalue weighted by molar-refractivity contribution is 7.11. The van der Waals surface area contributed by atoms with Crippen LogP contribution in [0.1, 0.15) is 40.5 Å². The third-order valence-corrected chi connectivity index (χ3v) is 4.48. The van der Waals surface area contributed by atoms with E-state index in [1.165, 1.54) is 10.4 Å². The van der Waals surface area contributed by atoms with Gasteiger partial charge in [0, 0.05) is 22.5 Å². The van der Waals surface area contributed by atoms with E-state index in [1.54, 1.807) is 11.3 Å². The Hall–Kier alpha value is -0.900. The van der Waals surface area contributed by atoms with Crippen molar-refractivity contribution in [3.05, 3.63) is 50.4 Å². The van der Waals surface area contributed by atoms with E-state index in [0.717, 1.165) is 28.7 Å². The summed E-state index contributed by atoms with van der Waals surface area (Å²) in [6.07, 6.45) is 1.04. The normalized spacial score (nSPS) is 12.6. The van der Waals surface area contributed by atoms with E-state index in [-0.39, 0.29) is 0 Å². The smallest absolute Gasteiger partial charge is 0.0900 e. The number of benzene rings is 1. The third kappa shape index (κ3) is 3.78. The van der Waals surface area contributed by atoms with Crippen molar-refractivity contribution >= 4 is 22.9 Å². The van der Waals surface area contributed by atoms with Gasteiger partial charge >= 0.3 is 0 Å². The van der Waals surface area contributed by atoms with Gasteiger partial charge in [-0.25, -0.2) is 4.98 Å². The molecule has 0 aliphatic heterocycles. The third-order valence-electron chi connectivity index (χ3n) is 3.17. The lowest BCUT2D eigenvalue weighted by Crippen LogP contribution is -2.20. The minimum atomic E-state index is 0.334. The van der Waals surface area contributed by atoms with Crippen LogP contribution in [0.4, 0.5) is 0 Å². The van der Waals surface area contributed by atoms with Crippen molar-refractivity contribution < 1.29 is 0 Å². The molecule has 1 N–H and O–H groups in total. The van der Waals surface area contributed by atoms with E-state index in [1.807, 2.05) is 18.2 Å². The average molecular weight is 295 g/mol. The molecule has 2 nitrogen and oxygen atoms in total. The molecule has 2 rings (SSSR count). The molecule has 1 atom stereocenters. The van der Waals surface area contributed by atoms with Gasteiger partial charge in [-0.1, -0.05) is 30.7 Å². The second-order valence-electron chi connectivity index (χ2n) is 4.64. The Morgan fingerprint density at radius 1 is 1.37 bits per heavy atom. The molecule has 102 valence electrons. The number of nitrogens with zero attached hydrogens (tertiary/aromatic N) is 1. The van der Waals surface area contributed by atoms with Crippen molar-refractivity contribution in [2.75, 3.05) is 0 Å². The summed E-state index contributed by atoms with van der Waals surface area (Å²) < 4.78 is 0. The molecule has 0 aliphatic carbocycles. The van der Waals surface area contributed by atoms with Gasteiger partial charge in [0.1, 0.15) is 0 Å². The number of aryl methyl sites for hydroxylation is 2. The molecule has 0 saturated carbocycles. The number of rotatable bonds is 5. The Morgan fingerprint density at radius 3 is 2.74 bits per heavy atom. The van der Waals surface area contributed by atoms with E-state index in [9.17, 15) is 0 Å². The van der Waals surface area contributed by atoms with Crippen LogP contribution in [0.5, 0.6) is 0 Å². The predicted molar refractivity (Wildman–Crippen MR) is 82.9 cm³/mol. The fraction of sp³-hybridized carbons (Fsp3) is 0.400. The first kappa shape index (κ1) is 14.5. The van der Waals surface area contributed by atoms with Gasteiger partial charge in [-0.3, -0.25) is 0 Å². The molecular formula is C15H19ClN2S. The van der Waals surface area contributed by atoms with Crippen molar-refractivity contribution in [1.82, 2.24) is 10.3 Å². The van der Waals surface area contributed by atoms with Gasteiger partial charge in [-0.05, 0) is 38.0 Å². The molecule has 0 spiro atoms. The maximum atomic E-state index is 6.06. The maximum absolute atomic E-state index is 6.06. The van der Waals surface area contributed by atoms with Crippen LogP contribution in [0.3, 0.4) is 0 Å². The van der Waals surface area contributed by atoms with Crippen LogP contribution in [0.25, 0.3) is 0 Å². The number of hydrogen-bond acceptors (Lipinski definition) is 3.